The predicted octanol–water partition coefficient (Wildman–Crippen LogP) is 1.89. The maximum Gasteiger partial charge on any atom is 0.0904 e. The SMILES string of the molecule is CC(C)(C)[N+]1([O-])CCCC1. The van der Waals surface area contributed by atoms with Crippen molar-refractivity contribution < 1.29 is 4.65 Å². The summed E-state index contributed by atoms with van der Waals surface area (Å²) in [5.41, 5.74) is -0.101. The second-order valence-corrected chi connectivity index (χ2v) is 4.21. The standard InChI is InChI=1S/C8H17NO/c1-8(2,3)9(10)6-4-5-7-9/h4-7H2,1-3H3. The molecule has 0 spiro atoms. The second-order valence-electron chi connectivity index (χ2n) is 4.21. The number of quaternary nitrogens is 1. The highest BCUT2D eigenvalue weighted by Gasteiger charge is 2.34. The van der Waals surface area contributed by atoms with Gasteiger partial charge in [0, 0.05) is 12.8 Å². The van der Waals surface area contributed by atoms with E-state index < -0.39 is 0 Å². The molecular weight excluding hydrogens is 126 g/mol. The summed E-state index contributed by atoms with van der Waals surface area (Å²) in [6.07, 6.45) is 2.22. The Bertz CT molecular complexity index is 120. The number of hydrogen-bond donors (Lipinski definition) is 0. The summed E-state index contributed by atoms with van der Waals surface area (Å²) < 4.78 is 0.0208. The van der Waals surface area contributed by atoms with Gasteiger partial charge in [0.1, 0.15) is 0 Å². The first-order valence-electron chi connectivity index (χ1n) is 4.04. The maximum atomic E-state index is 11.9. The third-order valence-corrected chi connectivity index (χ3v) is 2.51. The number of hydroxylamine groups is 3. The minimum atomic E-state index is -0.101. The fraction of sp³-hybridized carbons (Fsp3) is 1.00. The van der Waals surface area contributed by atoms with Crippen LogP contribution in [0.1, 0.15) is 33.6 Å². The van der Waals surface area contributed by atoms with E-state index in [9.17, 15) is 5.21 Å². The normalized spacial score (nSPS) is 25.2. The zero-order valence-electron chi connectivity index (χ0n) is 7.18. The van der Waals surface area contributed by atoms with Crippen LogP contribution in [0.15, 0.2) is 0 Å². The van der Waals surface area contributed by atoms with Crippen LogP contribution in [-0.4, -0.2) is 23.3 Å². The average molecular weight is 143 g/mol. The summed E-state index contributed by atoms with van der Waals surface area (Å²) >= 11 is 0. The first kappa shape index (κ1) is 8.02. The Morgan fingerprint density at radius 3 is 1.70 bits per heavy atom. The molecule has 1 aliphatic heterocycles. The third-order valence-electron chi connectivity index (χ3n) is 2.51. The van der Waals surface area contributed by atoms with Crippen LogP contribution in [0.3, 0.4) is 0 Å². The van der Waals surface area contributed by atoms with E-state index in [-0.39, 0.29) is 10.2 Å². The minimum absolute atomic E-state index is 0.0208. The smallest absolute Gasteiger partial charge is 0.0904 e. The van der Waals surface area contributed by atoms with Crippen molar-refractivity contribution >= 4 is 0 Å². The molecule has 0 atom stereocenters. The van der Waals surface area contributed by atoms with Crippen LogP contribution >= 0.6 is 0 Å². The van der Waals surface area contributed by atoms with Crippen LogP contribution in [0.2, 0.25) is 0 Å². The maximum absolute atomic E-state index is 11.9. The van der Waals surface area contributed by atoms with Crippen molar-refractivity contribution in [2.75, 3.05) is 13.1 Å². The zero-order chi connectivity index (χ0) is 7.83. The summed E-state index contributed by atoms with van der Waals surface area (Å²) in [5, 5.41) is 11.9. The third kappa shape index (κ3) is 1.18. The molecule has 0 aliphatic carbocycles. The highest BCUT2D eigenvalue weighted by molar-refractivity contribution is 4.68. The molecule has 0 saturated carbocycles. The molecule has 1 saturated heterocycles. The summed E-state index contributed by atoms with van der Waals surface area (Å²) in [4.78, 5) is 0. The van der Waals surface area contributed by atoms with Crippen molar-refractivity contribution in [3.63, 3.8) is 0 Å². The zero-order valence-corrected chi connectivity index (χ0v) is 7.18. The van der Waals surface area contributed by atoms with Gasteiger partial charge in [0.15, 0.2) is 0 Å². The molecule has 0 aromatic rings. The van der Waals surface area contributed by atoms with Gasteiger partial charge in [-0.25, -0.2) is 0 Å². The van der Waals surface area contributed by atoms with E-state index in [1.165, 1.54) is 0 Å². The van der Waals surface area contributed by atoms with Gasteiger partial charge in [-0.1, -0.05) is 0 Å². The van der Waals surface area contributed by atoms with Gasteiger partial charge in [-0.2, -0.15) is 0 Å². The van der Waals surface area contributed by atoms with Gasteiger partial charge in [0.05, 0.1) is 18.6 Å². The molecule has 0 bridgehead atoms. The fourth-order valence-electron chi connectivity index (χ4n) is 1.52. The predicted molar refractivity (Wildman–Crippen MR) is 42.3 cm³/mol. The molecule has 2 nitrogen and oxygen atoms in total. The van der Waals surface area contributed by atoms with E-state index in [0.29, 0.717) is 0 Å². The molecule has 1 fully saturated rings. The molecular formula is C8H17NO. The first-order valence-corrected chi connectivity index (χ1v) is 4.04. The van der Waals surface area contributed by atoms with Crippen LogP contribution in [0.25, 0.3) is 0 Å². The molecule has 0 unspecified atom stereocenters. The lowest BCUT2D eigenvalue weighted by molar-refractivity contribution is -0.914. The molecule has 0 radical (unpaired) electrons. The molecule has 0 amide bonds. The average Bonchev–Trinajstić information content (AvgIpc) is 2.13. The monoisotopic (exact) mass is 143 g/mol. The van der Waals surface area contributed by atoms with E-state index in [2.05, 4.69) is 0 Å². The van der Waals surface area contributed by atoms with E-state index >= 15 is 0 Å². The summed E-state index contributed by atoms with van der Waals surface area (Å²) in [6, 6.07) is 0. The van der Waals surface area contributed by atoms with Crippen molar-refractivity contribution in [1.82, 2.24) is 0 Å². The first-order chi connectivity index (χ1) is 4.46. The summed E-state index contributed by atoms with van der Waals surface area (Å²) in [5.74, 6) is 0. The molecule has 0 N–H and O–H groups in total. The van der Waals surface area contributed by atoms with E-state index in [1.807, 2.05) is 20.8 Å². The number of nitrogens with zero attached hydrogens (tertiary/aromatic N) is 1. The molecule has 0 aromatic carbocycles. The molecule has 0 aromatic heterocycles. The number of hydrogen-bond acceptors (Lipinski definition) is 1. The molecule has 2 heteroatoms. The van der Waals surface area contributed by atoms with E-state index in [1.54, 1.807) is 0 Å². The largest absolute Gasteiger partial charge is 0.632 e. The van der Waals surface area contributed by atoms with Crippen LogP contribution in [0.4, 0.5) is 0 Å². The van der Waals surface area contributed by atoms with Gasteiger partial charge in [0.25, 0.3) is 0 Å². The Labute approximate surface area is 63.0 Å². The van der Waals surface area contributed by atoms with E-state index in [4.69, 9.17) is 0 Å². The summed E-state index contributed by atoms with van der Waals surface area (Å²) in [6.45, 7) is 7.74. The van der Waals surface area contributed by atoms with Gasteiger partial charge < -0.3 is 9.85 Å². The number of likely N-dealkylation sites (tertiary alicyclic amines) is 1. The van der Waals surface area contributed by atoms with Crippen LogP contribution in [0.5, 0.6) is 0 Å². The minimum Gasteiger partial charge on any atom is -0.632 e. The van der Waals surface area contributed by atoms with Crippen LogP contribution in [0, 0.1) is 5.21 Å². The van der Waals surface area contributed by atoms with Gasteiger partial charge >= 0.3 is 0 Å². The Morgan fingerprint density at radius 1 is 1.10 bits per heavy atom. The highest BCUT2D eigenvalue weighted by atomic mass is 16.6. The van der Waals surface area contributed by atoms with Gasteiger partial charge in [-0.3, -0.25) is 0 Å². The fourth-order valence-corrected chi connectivity index (χ4v) is 1.52. The van der Waals surface area contributed by atoms with Crippen molar-refractivity contribution in [1.29, 1.82) is 0 Å². The van der Waals surface area contributed by atoms with Crippen molar-refractivity contribution in [2.24, 2.45) is 0 Å². The second kappa shape index (κ2) is 2.21. The Hall–Kier alpha value is -0.0800. The van der Waals surface area contributed by atoms with Crippen molar-refractivity contribution in [3.05, 3.63) is 5.21 Å². The van der Waals surface area contributed by atoms with Gasteiger partial charge in [-0.15, -0.1) is 0 Å². The summed E-state index contributed by atoms with van der Waals surface area (Å²) in [7, 11) is 0. The topological polar surface area (TPSA) is 23.1 Å². The van der Waals surface area contributed by atoms with Crippen molar-refractivity contribution in [2.45, 2.75) is 39.2 Å². The lowest BCUT2D eigenvalue weighted by Gasteiger charge is -2.49. The van der Waals surface area contributed by atoms with Crippen molar-refractivity contribution in [3.8, 4) is 0 Å². The van der Waals surface area contributed by atoms with E-state index in [0.717, 1.165) is 25.9 Å². The highest BCUT2D eigenvalue weighted by Crippen LogP contribution is 2.29. The molecule has 10 heavy (non-hydrogen) atoms. The molecule has 1 heterocycles. The van der Waals surface area contributed by atoms with Crippen LogP contribution < -0.4 is 0 Å². The molecule has 60 valence electrons. The Balaban J connectivity index is 2.67. The Kier molecular flexibility index (Phi) is 1.77. The molecule has 1 rings (SSSR count). The van der Waals surface area contributed by atoms with Crippen LogP contribution in [-0.2, 0) is 0 Å². The van der Waals surface area contributed by atoms with Gasteiger partial charge in [0.2, 0.25) is 0 Å². The lowest BCUT2D eigenvalue weighted by atomic mass is 10.1. The molecule has 1 aliphatic rings. The number of rotatable bonds is 0. The Morgan fingerprint density at radius 2 is 1.50 bits per heavy atom. The quantitative estimate of drug-likeness (QED) is 0.375. The lowest BCUT2D eigenvalue weighted by Crippen LogP contribution is -2.53. The van der Waals surface area contributed by atoms with Gasteiger partial charge in [-0.05, 0) is 20.8 Å².